The molecule has 1 atom stereocenters. The first-order chi connectivity index (χ1) is 10.2. The summed E-state index contributed by atoms with van der Waals surface area (Å²) in [5.74, 6) is 1.65. The van der Waals surface area contributed by atoms with E-state index in [1.165, 1.54) is 49.8 Å². The average molecular weight is 283 g/mol. The topological polar surface area (TPSA) is 39.9 Å². The Bertz CT molecular complexity index is 552. The summed E-state index contributed by atoms with van der Waals surface area (Å²) >= 11 is 0. The van der Waals surface area contributed by atoms with Crippen LogP contribution in [0.1, 0.15) is 62.3 Å². The van der Waals surface area contributed by atoms with Gasteiger partial charge in [-0.3, -0.25) is 0 Å². The SMILES string of the molecule is CC(C1CCCC1)N(C)c1nc2c(cc1C#N)CCCC2. The molecule has 0 aromatic carbocycles. The van der Waals surface area contributed by atoms with E-state index in [0.29, 0.717) is 6.04 Å². The highest BCUT2D eigenvalue weighted by atomic mass is 15.2. The van der Waals surface area contributed by atoms with Gasteiger partial charge in [0.1, 0.15) is 11.9 Å². The molecular formula is C18H25N3. The van der Waals surface area contributed by atoms with Crippen molar-refractivity contribution in [2.24, 2.45) is 5.92 Å². The third-order valence-electron chi connectivity index (χ3n) is 5.43. The normalized spacial score (nSPS) is 19.9. The van der Waals surface area contributed by atoms with E-state index in [0.717, 1.165) is 30.1 Å². The van der Waals surface area contributed by atoms with E-state index in [-0.39, 0.29) is 0 Å². The van der Waals surface area contributed by atoms with Gasteiger partial charge >= 0.3 is 0 Å². The van der Waals surface area contributed by atoms with E-state index in [4.69, 9.17) is 4.98 Å². The monoisotopic (exact) mass is 283 g/mol. The third kappa shape index (κ3) is 2.77. The molecule has 21 heavy (non-hydrogen) atoms. The number of nitriles is 1. The highest BCUT2D eigenvalue weighted by molar-refractivity contribution is 5.56. The summed E-state index contributed by atoms with van der Waals surface area (Å²) in [7, 11) is 2.11. The first-order valence-electron chi connectivity index (χ1n) is 8.36. The van der Waals surface area contributed by atoms with Gasteiger partial charge in [0, 0.05) is 18.8 Å². The fraction of sp³-hybridized carbons (Fsp3) is 0.667. The van der Waals surface area contributed by atoms with Crippen LogP contribution >= 0.6 is 0 Å². The Labute approximate surface area is 128 Å². The van der Waals surface area contributed by atoms with Crippen LogP contribution in [0.15, 0.2) is 6.07 Å². The van der Waals surface area contributed by atoms with Crippen molar-refractivity contribution in [1.29, 1.82) is 5.26 Å². The van der Waals surface area contributed by atoms with Gasteiger partial charge in [0.25, 0.3) is 0 Å². The quantitative estimate of drug-likeness (QED) is 0.846. The van der Waals surface area contributed by atoms with Gasteiger partial charge in [0.05, 0.1) is 5.56 Å². The van der Waals surface area contributed by atoms with Gasteiger partial charge in [-0.15, -0.1) is 0 Å². The van der Waals surface area contributed by atoms with E-state index in [1.54, 1.807) is 0 Å². The second-order valence-corrected chi connectivity index (χ2v) is 6.68. The Balaban J connectivity index is 1.91. The van der Waals surface area contributed by atoms with Crippen LogP contribution < -0.4 is 4.90 Å². The summed E-state index contributed by atoms with van der Waals surface area (Å²) in [5.41, 5.74) is 3.27. The van der Waals surface area contributed by atoms with Crippen molar-refractivity contribution in [3.8, 4) is 6.07 Å². The van der Waals surface area contributed by atoms with E-state index in [1.807, 2.05) is 0 Å². The molecule has 3 rings (SSSR count). The fourth-order valence-electron chi connectivity index (χ4n) is 3.92. The molecule has 0 bridgehead atoms. The van der Waals surface area contributed by atoms with E-state index in [2.05, 4.69) is 31.0 Å². The van der Waals surface area contributed by atoms with Crippen LogP contribution in [0, 0.1) is 17.2 Å². The smallest absolute Gasteiger partial charge is 0.146 e. The second kappa shape index (κ2) is 6.05. The van der Waals surface area contributed by atoms with E-state index < -0.39 is 0 Å². The third-order valence-corrected chi connectivity index (χ3v) is 5.43. The molecule has 0 saturated heterocycles. The van der Waals surface area contributed by atoms with Crippen molar-refractivity contribution in [2.45, 2.75) is 64.3 Å². The Morgan fingerprint density at radius 1 is 1.24 bits per heavy atom. The summed E-state index contributed by atoms with van der Waals surface area (Å²) in [5, 5.41) is 9.50. The van der Waals surface area contributed by atoms with Gasteiger partial charge in [-0.05, 0) is 63.0 Å². The van der Waals surface area contributed by atoms with Crippen LogP contribution in [0.25, 0.3) is 0 Å². The number of aryl methyl sites for hydroxylation is 2. The molecule has 1 aromatic rings. The van der Waals surface area contributed by atoms with Crippen molar-refractivity contribution < 1.29 is 0 Å². The Hall–Kier alpha value is -1.56. The van der Waals surface area contributed by atoms with Crippen LogP contribution in [0.2, 0.25) is 0 Å². The maximum Gasteiger partial charge on any atom is 0.146 e. The van der Waals surface area contributed by atoms with E-state index in [9.17, 15) is 5.26 Å². The number of nitrogens with zero attached hydrogens (tertiary/aromatic N) is 3. The molecule has 1 fully saturated rings. The summed E-state index contributed by atoms with van der Waals surface area (Å²) in [4.78, 5) is 7.13. The fourth-order valence-corrected chi connectivity index (χ4v) is 3.92. The van der Waals surface area contributed by atoms with Gasteiger partial charge in [-0.2, -0.15) is 5.26 Å². The molecule has 0 spiro atoms. The van der Waals surface area contributed by atoms with Crippen molar-refractivity contribution >= 4 is 5.82 Å². The molecule has 1 unspecified atom stereocenters. The lowest BCUT2D eigenvalue weighted by atomic mass is 9.94. The van der Waals surface area contributed by atoms with Crippen molar-refractivity contribution in [3.05, 3.63) is 22.9 Å². The van der Waals surface area contributed by atoms with Gasteiger partial charge in [-0.25, -0.2) is 4.98 Å². The number of pyridine rings is 1. The first-order valence-corrected chi connectivity index (χ1v) is 8.36. The molecule has 2 aliphatic rings. The second-order valence-electron chi connectivity index (χ2n) is 6.68. The predicted octanol–water partition coefficient (Wildman–Crippen LogP) is 3.85. The zero-order valence-corrected chi connectivity index (χ0v) is 13.2. The largest absolute Gasteiger partial charge is 0.356 e. The van der Waals surface area contributed by atoms with Crippen molar-refractivity contribution in [1.82, 2.24) is 4.98 Å². The zero-order chi connectivity index (χ0) is 14.8. The number of aromatic nitrogens is 1. The minimum absolute atomic E-state index is 0.466. The highest BCUT2D eigenvalue weighted by Crippen LogP contribution is 2.33. The van der Waals surface area contributed by atoms with Gasteiger partial charge in [-0.1, -0.05) is 12.8 Å². The summed E-state index contributed by atoms with van der Waals surface area (Å²) in [6, 6.07) is 4.93. The van der Waals surface area contributed by atoms with Crippen LogP contribution in [-0.2, 0) is 12.8 Å². The summed E-state index contributed by atoms with van der Waals surface area (Å²) < 4.78 is 0. The van der Waals surface area contributed by atoms with Crippen LogP contribution in [0.5, 0.6) is 0 Å². The van der Waals surface area contributed by atoms with Crippen molar-refractivity contribution in [3.63, 3.8) is 0 Å². The molecule has 3 heteroatoms. The molecule has 1 heterocycles. The lowest BCUT2D eigenvalue weighted by Gasteiger charge is -2.32. The van der Waals surface area contributed by atoms with Gasteiger partial charge in [0.2, 0.25) is 0 Å². The first kappa shape index (κ1) is 14.4. The van der Waals surface area contributed by atoms with E-state index >= 15 is 0 Å². The van der Waals surface area contributed by atoms with Crippen LogP contribution in [-0.4, -0.2) is 18.1 Å². The standard InChI is InChI=1S/C18H25N3/c1-13(14-7-3-4-8-14)21(2)18-16(12-19)11-15-9-5-6-10-17(15)20-18/h11,13-14H,3-10H2,1-2H3. The molecule has 0 aliphatic heterocycles. The maximum atomic E-state index is 9.50. The Morgan fingerprint density at radius 3 is 2.67 bits per heavy atom. The Morgan fingerprint density at radius 2 is 1.95 bits per heavy atom. The summed E-state index contributed by atoms with van der Waals surface area (Å²) in [6.07, 6.45) is 9.95. The number of hydrogen-bond donors (Lipinski definition) is 0. The molecule has 1 aromatic heterocycles. The maximum absolute atomic E-state index is 9.50. The molecule has 0 N–H and O–H groups in total. The number of anilines is 1. The number of hydrogen-bond acceptors (Lipinski definition) is 3. The lowest BCUT2D eigenvalue weighted by Crippen LogP contribution is -2.36. The zero-order valence-electron chi connectivity index (χ0n) is 13.2. The molecule has 0 radical (unpaired) electrons. The summed E-state index contributed by atoms with van der Waals surface area (Å²) in [6.45, 7) is 2.29. The minimum Gasteiger partial charge on any atom is -0.356 e. The molecule has 1 saturated carbocycles. The molecular weight excluding hydrogens is 258 g/mol. The average Bonchev–Trinajstić information content (AvgIpc) is 3.06. The predicted molar refractivity (Wildman–Crippen MR) is 85.4 cm³/mol. The minimum atomic E-state index is 0.466. The van der Waals surface area contributed by atoms with Crippen LogP contribution in [0.4, 0.5) is 5.82 Å². The molecule has 3 nitrogen and oxygen atoms in total. The van der Waals surface area contributed by atoms with Crippen LogP contribution in [0.3, 0.4) is 0 Å². The molecule has 2 aliphatic carbocycles. The lowest BCUT2D eigenvalue weighted by molar-refractivity contribution is 0.439. The van der Waals surface area contributed by atoms with Gasteiger partial charge < -0.3 is 4.90 Å². The Kier molecular flexibility index (Phi) is 4.14. The number of fused-ring (bicyclic) bond motifs is 1. The van der Waals surface area contributed by atoms with Gasteiger partial charge in [0.15, 0.2) is 0 Å². The molecule has 0 amide bonds. The van der Waals surface area contributed by atoms with Crippen molar-refractivity contribution in [2.75, 3.05) is 11.9 Å². The molecule has 112 valence electrons. The number of rotatable bonds is 3. The highest BCUT2D eigenvalue weighted by Gasteiger charge is 2.27.